The molecule has 4 heteroatoms. The van der Waals surface area contributed by atoms with Crippen LogP contribution in [0.2, 0.25) is 0 Å². The molecule has 0 amide bonds. The molecule has 1 aliphatic rings. The van der Waals surface area contributed by atoms with Crippen molar-refractivity contribution in [3.8, 4) is 5.75 Å². The summed E-state index contributed by atoms with van der Waals surface area (Å²) < 4.78 is 0. The molecular weight excluding hydrogens is 374 g/mol. The van der Waals surface area contributed by atoms with Crippen LogP contribution < -0.4 is 4.90 Å². The second-order valence-corrected chi connectivity index (χ2v) is 8.04. The third kappa shape index (κ3) is 3.14. The van der Waals surface area contributed by atoms with E-state index in [4.69, 9.17) is 0 Å². The van der Waals surface area contributed by atoms with E-state index in [1.807, 2.05) is 12.2 Å². The summed E-state index contributed by atoms with van der Waals surface area (Å²) in [5.41, 5.74) is 4.23. The lowest BCUT2D eigenvalue weighted by Crippen LogP contribution is -2.25. The van der Waals surface area contributed by atoms with E-state index >= 15 is 0 Å². The van der Waals surface area contributed by atoms with Crippen LogP contribution in [0.1, 0.15) is 42.3 Å². The Kier molecular flexibility index (Phi) is 4.86. The second-order valence-electron chi connectivity index (χ2n) is 8.04. The number of benzene rings is 3. The van der Waals surface area contributed by atoms with Crippen molar-refractivity contribution in [1.82, 2.24) is 0 Å². The molecule has 0 saturated heterocycles. The van der Waals surface area contributed by atoms with Crippen LogP contribution in [0.15, 0.2) is 72.4 Å². The third-order valence-electron chi connectivity index (χ3n) is 5.86. The predicted octanol–water partition coefficient (Wildman–Crippen LogP) is 5.96. The fourth-order valence-corrected chi connectivity index (χ4v) is 4.46. The van der Waals surface area contributed by atoms with Gasteiger partial charge in [-0.2, -0.15) is 0 Å². The topological polar surface area (TPSA) is 60.8 Å². The normalized spacial score (nSPS) is 16.5. The minimum Gasteiger partial charge on any atom is -0.507 e. The van der Waals surface area contributed by atoms with Gasteiger partial charge in [-0.15, -0.1) is 0 Å². The number of rotatable bonds is 4. The molecule has 1 heterocycles. The highest BCUT2D eigenvalue weighted by Crippen LogP contribution is 2.50. The first kappa shape index (κ1) is 19.8. The zero-order valence-electron chi connectivity index (χ0n) is 17.4. The molecule has 0 bridgehead atoms. The standard InChI is InChI=1S/C26H25NO3/c1-4-27-21-14-13-18-9-5-6-10-19(18)24(21)26(2,3)23(27)11-7-8-17-12-15-22(28)20(16-17)25(29)30/h5-16,28H,4H2,1-3H3,(H,29,30)/b8-7+,23-11+. The van der Waals surface area contributed by atoms with Gasteiger partial charge < -0.3 is 15.1 Å². The summed E-state index contributed by atoms with van der Waals surface area (Å²) in [4.78, 5) is 13.6. The van der Waals surface area contributed by atoms with Gasteiger partial charge in [0.15, 0.2) is 0 Å². The lowest BCUT2D eigenvalue weighted by atomic mass is 9.81. The second kappa shape index (κ2) is 7.38. The Morgan fingerprint density at radius 1 is 1.10 bits per heavy atom. The van der Waals surface area contributed by atoms with Gasteiger partial charge in [0.2, 0.25) is 0 Å². The number of aromatic hydroxyl groups is 1. The van der Waals surface area contributed by atoms with Crippen LogP contribution in [-0.2, 0) is 5.41 Å². The van der Waals surface area contributed by atoms with Crippen molar-refractivity contribution in [2.75, 3.05) is 11.4 Å². The molecule has 30 heavy (non-hydrogen) atoms. The Morgan fingerprint density at radius 3 is 2.60 bits per heavy atom. The van der Waals surface area contributed by atoms with E-state index in [1.165, 1.54) is 39.9 Å². The molecule has 0 spiro atoms. The van der Waals surface area contributed by atoms with Crippen LogP contribution in [0, 0.1) is 0 Å². The highest BCUT2D eigenvalue weighted by molar-refractivity contribution is 5.95. The Morgan fingerprint density at radius 2 is 1.87 bits per heavy atom. The maximum absolute atomic E-state index is 11.3. The van der Waals surface area contributed by atoms with Crippen molar-refractivity contribution >= 4 is 28.5 Å². The van der Waals surface area contributed by atoms with Gasteiger partial charge in [-0.3, -0.25) is 0 Å². The number of hydrogen-bond donors (Lipinski definition) is 2. The van der Waals surface area contributed by atoms with E-state index in [1.54, 1.807) is 6.07 Å². The first-order chi connectivity index (χ1) is 14.3. The van der Waals surface area contributed by atoms with Gasteiger partial charge in [-0.25, -0.2) is 4.79 Å². The minimum absolute atomic E-state index is 0.0972. The Bertz CT molecular complexity index is 1200. The third-order valence-corrected chi connectivity index (χ3v) is 5.86. The summed E-state index contributed by atoms with van der Waals surface area (Å²) in [6.07, 6.45) is 5.92. The Hall–Kier alpha value is -3.53. The summed E-state index contributed by atoms with van der Waals surface area (Å²) in [5.74, 6) is -1.37. The van der Waals surface area contributed by atoms with Crippen LogP contribution in [0.4, 0.5) is 5.69 Å². The molecule has 0 aromatic heterocycles. The number of likely N-dealkylation sites (N-methyl/N-ethyl adjacent to an activating group) is 1. The van der Waals surface area contributed by atoms with Gasteiger partial charge in [-0.05, 0) is 53.1 Å². The Balaban J connectivity index is 1.76. The summed E-state index contributed by atoms with van der Waals surface area (Å²) in [6.45, 7) is 7.50. The maximum atomic E-state index is 11.3. The van der Waals surface area contributed by atoms with Crippen LogP contribution in [0.25, 0.3) is 16.8 Å². The number of nitrogens with zero attached hydrogens (tertiary/aromatic N) is 1. The highest BCUT2D eigenvalue weighted by Gasteiger charge is 2.40. The maximum Gasteiger partial charge on any atom is 0.339 e. The van der Waals surface area contributed by atoms with Crippen molar-refractivity contribution in [1.29, 1.82) is 0 Å². The Labute approximate surface area is 176 Å². The number of phenols is 1. The molecule has 1 aliphatic heterocycles. The quantitative estimate of drug-likeness (QED) is 0.568. The molecule has 0 fully saturated rings. The largest absolute Gasteiger partial charge is 0.507 e. The van der Waals surface area contributed by atoms with Crippen molar-refractivity contribution in [2.45, 2.75) is 26.2 Å². The number of carboxylic acid groups (broad SMARTS) is 1. The monoisotopic (exact) mass is 399 g/mol. The summed E-state index contributed by atoms with van der Waals surface area (Å²) in [5, 5.41) is 21.4. The minimum atomic E-state index is -1.14. The number of fused-ring (bicyclic) bond motifs is 3. The predicted molar refractivity (Wildman–Crippen MR) is 122 cm³/mol. The molecule has 0 atom stereocenters. The molecule has 3 aromatic carbocycles. The van der Waals surface area contributed by atoms with Gasteiger partial charge in [-0.1, -0.05) is 62.4 Å². The van der Waals surface area contributed by atoms with Gasteiger partial charge in [0, 0.05) is 23.3 Å². The average molecular weight is 399 g/mol. The number of hydrogen-bond acceptors (Lipinski definition) is 3. The van der Waals surface area contributed by atoms with Crippen LogP contribution in [0.3, 0.4) is 0 Å². The molecule has 4 rings (SSSR count). The highest BCUT2D eigenvalue weighted by atomic mass is 16.4. The molecule has 3 aromatic rings. The summed E-state index contributed by atoms with van der Waals surface area (Å²) in [7, 11) is 0. The van der Waals surface area contributed by atoms with Gasteiger partial charge in [0.25, 0.3) is 0 Å². The van der Waals surface area contributed by atoms with Crippen LogP contribution in [-0.4, -0.2) is 22.7 Å². The SMILES string of the molecule is CCN1/C(=C/C=C/c2ccc(O)c(C(=O)O)c2)C(C)(C)c2c1ccc1ccccc21. The fourth-order valence-electron chi connectivity index (χ4n) is 4.46. The summed E-state index contributed by atoms with van der Waals surface area (Å²) >= 11 is 0. The van der Waals surface area contributed by atoms with Crippen molar-refractivity contribution in [3.05, 3.63) is 89.1 Å². The molecule has 0 aliphatic carbocycles. The van der Waals surface area contributed by atoms with Crippen molar-refractivity contribution in [3.63, 3.8) is 0 Å². The smallest absolute Gasteiger partial charge is 0.339 e. The van der Waals surface area contributed by atoms with Gasteiger partial charge in [0.05, 0.1) is 0 Å². The number of anilines is 1. The van der Waals surface area contributed by atoms with Gasteiger partial charge in [0.1, 0.15) is 11.3 Å². The number of carbonyl (C=O) groups is 1. The molecule has 4 nitrogen and oxygen atoms in total. The first-order valence-electron chi connectivity index (χ1n) is 10.1. The van der Waals surface area contributed by atoms with Crippen LogP contribution >= 0.6 is 0 Å². The van der Waals surface area contributed by atoms with Crippen LogP contribution in [0.5, 0.6) is 5.75 Å². The summed E-state index contributed by atoms with van der Waals surface area (Å²) in [6, 6.07) is 17.5. The molecule has 152 valence electrons. The van der Waals surface area contributed by atoms with E-state index in [9.17, 15) is 15.0 Å². The first-order valence-corrected chi connectivity index (χ1v) is 10.1. The van der Waals surface area contributed by atoms with Crippen molar-refractivity contribution < 1.29 is 15.0 Å². The fraction of sp³-hybridized carbons (Fsp3) is 0.192. The average Bonchev–Trinajstić information content (AvgIpc) is 2.95. The molecule has 0 saturated carbocycles. The van der Waals surface area contributed by atoms with Gasteiger partial charge >= 0.3 is 5.97 Å². The molecule has 0 radical (unpaired) electrons. The lowest BCUT2D eigenvalue weighted by Gasteiger charge is -2.26. The van der Waals surface area contributed by atoms with E-state index < -0.39 is 5.97 Å². The molecular formula is C26H25NO3. The molecule has 2 N–H and O–H groups in total. The van der Waals surface area contributed by atoms with Crippen molar-refractivity contribution in [2.24, 2.45) is 0 Å². The van der Waals surface area contributed by atoms with E-state index in [-0.39, 0.29) is 16.7 Å². The van der Waals surface area contributed by atoms with E-state index in [0.29, 0.717) is 0 Å². The zero-order chi connectivity index (χ0) is 21.5. The van der Waals surface area contributed by atoms with E-state index in [0.717, 1.165) is 12.1 Å². The van der Waals surface area contributed by atoms with E-state index in [2.05, 4.69) is 68.1 Å². The number of carboxylic acids is 1. The number of aromatic carboxylic acids is 1. The number of allylic oxidation sites excluding steroid dienone is 3. The zero-order valence-corrected chi connectivity index (χ0v) is 17.4. The lowest BCUT2D eigenvalue weighted by molar-refractivity contribution is 0.0693. The molecule has 0 unspecified atom stereocenters.